The molecular formula is C16H12OS. The summed E-state index contributed by atoms with van der Waals surface area (Å²) < 4.78 is 0. The van der Waals surface area contributed by atoms with E-state index in [0.29, 0.717) is 5.75 Å². The largest absolute Gasteiger partial charge is 0.507 e. The maximum Gasteiger partial charge on any atom is 0.123 e. The molecule has 0 aliphatic rings. The highest BCUT2D eigenvalue weighted by molar-refractivity contribution is 7.13. The topological polar surface area (TPSA) is 20.2 Å². The molecule has 0 saturated heterocycles. The quantitative estimate of drug-likeness (QED) is 0.695. The molecule has 0 spiro atoms. The maximum atomic E-state index is 9.99. The van der Waals surface area contributed by atoms with E-state index in [9.17, 15) is 5.11 Å². The predicted molar refractivity (Wildman–Crippen MR) is 76.9 cm³/mol. The van der Waals surface area contributed by atoms with E-state index in [1.54, 1.807) is 17.4 Å². The lowest BCUT2D eigenvalue weighted by Crippen LogP contribution is -1.83. The number of phenolic OH excluding ortho intramolecular Hbond substituents is 1. The van der Waals surface area contributed by atoms with Crippen molar-refractivity contribution in [2.24, 2.45) is 0 Å². The van der Waals surface area contributed by atoms with Crippen LogP contribution >= 0.6 is 11.3 Å². The summed E-state index contributed by atoms with van der Waals surface area (Å²) in [7, 11) is 0. The first-order valence-electron chi connectivity index (χ1n) is 5.77. The Hall–Kier alpha value is -2.06. The fourth-order valence-corrected chi connectivity index (χ4v) is 2.83. The number of rotatable bonds is 2. The van der Waals surface area contributed by atoms with Gasteiger partial charge < -0.3 is 5.11 Å². The SMILES string of the molecule is Oc1ccccc1-c1ccccc1-c1cccs1. The van der Waals surface area contributed by atoms with Crippen molar-refractivity contribution >= 4 is 11.3 Å². The molecule has 88 valence electrons. The lowest BCUT2D eigenvalue weighted by atomic mass is 9.98. The Balaban J connectivity index is 2.22. The number of phenols is 1. The molecule has 3 rings (SSSR count). The average molecular weight is 252 g/mol. The van der Waals surface area contributed by atoms with Crippen molar-refractivity contribution in [2.45, 2.75) is 0 Å². The van der Waals surface area contributed by atoms with Crippen LogP contribution in [0.4, 0.5) is 0 Å². The van der Waals surface area contributed by atoms with Crippen molar-refractivity contribution in [1.29, 1.82) is 0 Å². The maximum absolute atomic E-state index is 9.99. The first-order chi connectivity index (χ1) is 8.86. The number of thiophene rings is 1. The standard InChI is InChI=1S/C16H12OS/c17-15-9-4-3-7-13(15)12-6-1-2-8-14(12)16-10-5-11-18-16/h1-11,17H. The zero-order valence-corrected chi connectivity index (χ0v) is 10.5. The van der Waals surface area contributed by atoms with Gasteiger partial charge in [0.15, 0.2) is 0 Å². The van der Waals surface area contributed by atoms with Crippen LogP contribution in [-0.2, 0) is 0 Å². The minimum absolute atomic E-state index is 0.321. The number of hydrogen-bond donors (Lipinski definition) is 1. The minimum atomic E-state index is 0.321. The predicted octanol–water partition coefficient (Wildman–Crippen LogP) is 4.79. The van der Waals surface area contributed by atoms with Crippen molar-refractivity contribution in [2.75, 3.05) is 0 Å². The molecule has 0 saturated carbocycles. The third kappa shape index (κ3) is 1.91. The Morgan fingerprint density at radius 1 is 0.667 bits per heavy atom. The molecule has 0 radical (unpaired) electrons. The first-order valence-corrected chi connectivity index (χ1v) is 6.65. The van der Waals surface area contributed by atoms with E-state index in [0.717, 1.165) is 16.7 Å². The van der Waals surface area contributed by atoms with Gasteiger partial charge in [-0.2, -0.15) is 0 Å². The second-order valence-electron chi connectivity index (χ2n) is 4.04. The molecule has 0 unspecified atom stereocenters. The molecule has 1 nitrogen and oxygen atoms in total. The second kappa shape index (κ2) is 4.67. The Labute approximate surface area is 110 Å². The number of aromatic hydroxyl groups is 1. The molecule has 0 fully saturated rings. The molecule has 0 aliphatic carbocycles. The normalized spacial score (nSPS) is 10.4. The van der Waals surface area contributed by atoms with Gasteiger partial charge in [0.1, 0.15) is 5.75 Å². The molecule has 2 aromatic carbocycles. The lowest BCUT2D eigenvalue weighted by Gasteiger charge is -2.09. The molecule has 18 heavy (non-hydrogen) atoms. The second-order valence-corrected chi connectivity index (χ2v) is 4.99. The Morgan fingerprint density at radius 2 is 1.33 bits per heavy atom. The van der Waals surface area contributed by atoms with E-state index in [1.165, 1.54) is 4.88 Å². The number of para-hydroxylation sites is 1. The van der Waals surface area contributed by atoms with Gasteiger partial charge in [-0.15, -0.1) is 11.3 Å². The van der Waals surface area contributed by atoms with Gasteiger partial charge in [0.25, 0.3) is 0 Å². The fourth-order valence-electron chi connectivity index (χ4n) is 2.07. The van der Waals surface area contributed by atoms with Crippen LogP contribution in [0.1, 0.15) is 0 Å². The van der Waals surface area contributed by atoms with Gasteiger partial charge in [-0.3, -0.25) is 0 Å². The van der Waals surface area contributed by atoms with Gasteiger partial charge in [0.05, 0.1) is 0 Å². The van der Waals surface area contributed by atoms with Gasteiger partial charge in [-0.1, -0.05) is 48.5 Å². The smallest absolute Gasteiger partial charge is 0.123 e. The summed E-state index contributed by atoms with van der Waals surface area (Å²) in [6.45, 7) is 0. The van der Waals surface area contributed by atoms with Gasteiger partial charge in [0.2, 0.25) is 0 Å². The Kier molecular flexibility index (Phi) is 2.87. The highest BCUT2D eigenvalue weighted by Gasteiger charge is 2.10. The molecule has 0 aliphatic heterocycles. The third-order valence-corrected chi connectivity index (χ3v) is 3.81. The van der Waals surface area contributed by atoms with Crippen LogP contribution in [0.3, 0.4) is 0 Å². The van der Waals surface area contributed by atoms with Crippen molar-refractivity contribution in [3.05, 3.63) is 66.0 Å². The van der Waals surface area contributed by atoms with Crippen LogP contribution in [-0.4, -0.2) is 5.11 Å². The number of benzene rings is 2. The summed E-state index contributed by atoms with van der Waals surface area (Å²) in [4.78, 5) is 1.22. The van der Waals surface area contributed by atoms with E-state index in [-0.39, 0.29) is 0 Å². The van der Waals surface area contributed by atoms with E-state index in [1.807, 2.05) is 42.5 Å². The third-order valence-electron chi connectivity index (χ3n) is 2.91. The minimum Gasteiger partial charge on any atom is -0.507 e. The van der Waals surface area contributed by atoms with Gasteiger partial charge >= 0.3 is 0 Å². The number of hydrogen-bond acceptors (Lipinski definition) is 2. The zero-order valence-electron chi connectivity index (χ0n) is 9.71. The van der Waals surface area contributed by atoms with Crippen molar-refractivity contribution in [3.63, 3.8) is 0 Å². The molecule has 1 aromatic heterocycles. The van der Waals surface area contributed by atoms with E-state index in [2.05, 4.69) is 17.5 Å². The van der Waals surface area contributed by atoms with Crippen molar-refractivity contribution in [3.8, 4) is 27.3 Å². The Morgan fingerprint density at radius 3 is 2.00 bits per heavy atom. The lowest BCUT2D eigenvalue weighted by molar-refractivity contribution is 0.477. The molecular weight excluding hydrogens is 240 g/mol. The van der Waals surface area contributed by atoms with Crippen LogP contribution in [0.15, 0.2) is 66.0 Å². The van der Waals surface area contributed by atoms with Crippen molar-refractivity contribution in [1.82, 2.24) is 0 Å². The van der Waals surface area contributed by atoms with E-state index < -0.39 is 0 Å². The molecule has 1 N–H and O–H groups in total. The van der Waals surface area contributed by atoms with Gasteiger partial charge in [0, 0.05) is 10.4 Å². The highest BCUT2D eigenvalue weighted by atomic mass is 32.1. The van der Waals surface area contributed by atoms with Crippen LogP contribution < -0.4 is 0 Å². The molecule has 1 heterocycles. The summed E-state index contributed by atoms with van der Waals surface area (Å²) in [5, 5.41) is 12.1. The van der Waals surface area contributed by atoms with Crippen LogP contribution in [0.5, 0.6) is 5.75 Å². The summed E-state index contributed by atoms with van der Waals surface area (Å²) in [6, 6.07) is 19.8. The molecule has 3 aromatic rings. The molecule has 0 atom stereocenters. The van der Waals surface area contributed by atoms with E-state index >= 15 is 0 Å². The van der Waals surface area contributed by atoms with Crippen LogP contribution in [0, 0.1) is 0 Å². The first kappa shape index (κ1) is 11.1. The summed E-state index contributed by atoms with van der Waals surface area (Å²) in [5.41, 5.74) is 3.11. The molecule has 2 heteroatoms. The fraction of sp³-hybridized carbons (Fsp3) is 0. The van der Waals surface area contributed by atoms with Gasteiger partial charge in [-0.25, -0.2) is 0 Å². The zero-order chi connectivity index (χ0) is 12.4. The molecule has 0 amide bonds. The van der Waals surface area contributed by atoms with E-state index in [4.69, 9.17) is 0 Å². The summed E-state index contributed by atoms with van der Waals surface area (Å²) >= 11 is 1.71. The van der Waals surface area contributed by atoms with Gasteiger partial charge in [-0.05, 0) is 28.6 Å². The van der Waals surface area contributed by atoms with Crippen LogP contribution in [0.25, 0.3) is 21.6 Å². The highest BCUT2D eigenvalue weighted by Crippen LogP contribution is 2.37. The molecule has 0 bridgehead atoms. The van der Waals surface area contributed by atoms with Crippen LogP contribution in [0.2, 0.25) is 0 Å². The van der Waals surface area contributed by atoms with Crippen molar-refractivity contribution < 1.29 is 5.11 Å². The summed E-state index contributed by atoms with van der Waals surface area (Å²) in [5.74, 6) is 0.321. The Bertz CT molecular complexity index is 656. The monoisotopic (exact) mass is 252 g/mol. The average Bonchev–Trinajstić information content (AvgIpc) is 2.93. The summed E-state index contributed by atoms with van der Waals surface area (Å²) in [6.07, 6.45) is 0.